The number of carbonyl (C=O) groups is 1. The molecular weight excluding hydrogens is 554 g/mol. The lowest BCUT2D eigenvalue weighted by Gasteiger charge is -2.42. The van der Waals surface area contributed by atoms with Crippen LogP contribution in [-0.4, -0.2) is 28.3 Å². The second-order valence-corrected chi connectivity index (χ2v) is 12.4. The summed E-state index contributed by atoms with van der Waals surface area (Å²) in [5.41, 5.74) is 5.01. The van der Waals surface area contributed by atoms with E-state index < -0.39 is 0 Å². The van der Waals surface area contributed by atoms with Gasteiger partial charge in [-0.2, -0.15) is 0 Å². The number of anilines is 1. The van der Waals surface area contributed by atoms with Crippen LogP contribution in [0.25, 0.3) is 27.7 Å². The summed E-state index contributed by atoms with van der Waals surface area (Å²) in [6.07, 6.45) is 6.20. The van der Waals surface area contributed by atoms with Gasteiger partial charge in [0.15, 0.2) is 5.16 Å². The number of nitrogens with one attached hydrogen (secondary N) is 1. The minimum atomic E-state index is -0.235. The van der Waals surface area contributed by atoms with Crippen molar-refractivity contribution < 1.29 is 9.53 Å². The van der Waals surface area contributed by atoms with Crippen LogP contribution in [0, 0.1) is 0 Å². The zero-order valence-corrected chi connectivity index (χ0v) is 25.0. The minimum absolute atomic E-state index is 0.0494. The maximum atomic E-state index is 14.8. The maximum absolute atomic E-state index is 14.8. The number of thioether (sulfide) groups is 1. The Kier molecular flexibility index (Phi) is 7.27. The average molecular weight is 588 g/mol. The second kappa shape index (κ2) is 11.4. The first-order chi connectivity index (χ1) is 21.1. The number of hydrogen-bond donors (Lipinski definition) is 1. The molecule has 0 radical (unpaired) electrons. The Hall–Kier alpha value is -4.36. The Morgan fingerprint density at radius 3 is 2.58 bits per heavy atom. The zero-order valence-electron chi connectivity index (χ0n) is 24.1. The lowest BCUT2D eigenvalue weighted by Crippen LogP contribution is -2.43. The third kappa shape index (κ3) is 5.01. The summed E-state index contributed by atoms with van der Waals surface area (Å²) in [5, 5.41) is 5.62. The number of carbonyl (C=O) groups excluding carboxylic acids is 1. The van der Waals surface area contributed by atoms with E-state index in [0.29, 0.717) is 16.6 Å². The summed E-state index contributed by atoms with van der Waals surface area (Å²) in [7, 11) is 1.62. The van der Waals surface area contributed by atoms with Crippen LogP contribution in [0.15, 0.2) is 101 Å². The highest BCUT2D eigenvalue weighted by atomic mass is 32.2. The van der Waals surface area contributed by atoms with Gasteiger partial charge in [0.2, 0.25) is 5.91 Å². The summed E-state index contributed by atoms with van der Waals surface area (Å²) in [5.74, 6) is 0.602. The number of ether oxygens (including phenoxy) is 1. The Morgan fingerprint density at radius 1 is 0.953 bits per heavy atom. The van der Waals surface area contributed by atoms with Gasteiger partial charge in [-0.15, -0.1) is 0 Å². The van der Waals surface area contributed by atoms with E-state index in [9.17, 15) is 9.59 Å². The lowest BCUT2D eigenvalue weighted by atomic mass is 9.62. The van der Waals surface area contributed by atoms with Gasteiger partial charge in [-0.05, 0) is 48.4 Å². The fourth-order valence-corrected chi connectivity index (χ4v) is 7.72. The fourth-order valence-electron chi connectivity index (χ4n) is 6.91. The van der Waals surface area contributed by atoms with Crippen LogP contribution in [0.2, 0.25) is 0 Å². The van der Waals surface area contributed by atoms with Gasteiger partial charge in [0, 0.05) is 28.1 Å². The van der Waals surface area contributed by atoms with E-state index in [1.807, 2.05) is 72.8 Å². The smallest absolute Gasteiger partial charge is 0.263 e. The number of rotatable bonds is 6. The van der Waals surface area contributed by atoms with Crippen LogP contribution in [-0.2, 0) is 16.6 Å². The van der Waals surface area contributed by atoms with Gasteiger partial charge in [0.1, 0.15) is 5.75 Å². The van der Waals surface area contributed by atoms with E-state index in [2.05, 4.69) is 23.5 Å². The standard InChI is InChI=1S/C36H33N3O3S/c1-42-27-15-10-14-26(21-27)39-34(41)32-33(29-17-6-4-12-25(29)22-36(32)19-7-2-8-20-36)38-35(39)43-23-31(40)37-30-18-9-13-24-11-3-5-16-28(24)30/h3-6,9-18,21H,2,7-8,19-20,22-23H2,1H3,(H,37,40). The molecule has 2 aliphatic carbocycles. The molecule has 7 rings (SSSR count). The first-order valence-corrected chi connectivity index (χ1v) is 15.9. The van der Waals surface area contributed by atoms with Crippen LogP contribution >= 0.6 is 11.8 Å². The quantitative estimate of drug-likeness (QED) is 0.164. The second-order valence-electron chi connectivity index (χ2n) is 11.5. The molecule has 6 nitrogen and oxygen atoms in total. The van der Waals surface area contributed by atoms with Gasteiger partial charge < -0.3 is 10.1 Å². The van der Waals surface area contributed by atoms with Crippen molar-refractivity contribution in [2.75, 3.05) is 18.2 Å². The fraction of sp³-hybridized carbons (Fsp3) is 0.250. The molecule has 4 aromatic carbocycles. The molecule has 0 saturated heterocycles. The van der Waals surface area contributed by atoms with Gasteiger partial charge in [-0.25, -0.2) is 4.98 Å². The first-order valence-electron chi connectivity index (χ1n) is 14.9. The molecule has 0 atom stereocenters. The number of nitrogens with zero attached hydrogens (tertiary/aromatic N) is 2. The van der Waals surface area contributed by atoms with Crippen LogP contribution in [0.3, 0.4) is 0 Å². The number of amides is 1. The highest BCUT2D eigenvalue weighted by molar-refractivity contribution is 7.99. The topological polar surface area (TPSA) is 73.2 Å². The molecule has 1 N–H and O–H groups in total. The predicted molar refractivity (Wildman–Crippen MR) is 174 cm³/mol. The third-order valence-corrected chi connectivity index (χ3v) is 9.84. The van der Waals surface area contributed by atoms with Crippen LogP contribution in [0.4, 0.5) is 5.69 Å². The van der Waals surface area contributed by atoms with E-state index in [1.54, 1.807) is 11.7 Å². The Bertz CT molecular complexity index is 1900. The number of benzene rings is 4. The molecule has 216 valence electrons. The van der Waals surface area contributed by atoms with Gasteiger partial charge >= 0.3 is 0 Å². The largest absolute Gasteiger partial charge is 0.497 e. The number of aromatic nitrogens is 2. The van der Waals surface area contributed by atoms with Crippen LogP contribution in [0.1, 0.15) is 43.2 Å². The lowest BCUT2D eigenvalue weighted by molar-refractivity contribution is -0.113. The highest BCUT2D eigenvalue weighted by Gasteiger charge is 2.43. The molecule has 0 aliphatic heterocycles. The summed E-state index contributed by atoms with van der Waals surface area (Å²) in [6, 6.07) is 29.7. The summed E-state index contributed by atoms with van der Waals surface area (Å²) < 4.78 is 7.21. The van der Waals surface area contributed by atoms with Gasteiger partial charge in [0.05, 0.1) is 29.8 Å². The zero-order chi connectivity index (χ0) is 29.4. The predicted octanol–water partition coefficient (Wildman–Crippen LogP) is 7.55. The van der Waals surface area contributed by atoms with E-state index in [-0.39, 0.29) is 22.6 Å². The summed E-state index contributed by atoms with van der Waals surface area (Å²) in [4.78, 5) is 33.3. The number of hydrogen-bond acceptors (Lipinski definition) is 5. The van der Waals surface area contributed by atoms with E-state index >= 15 is 0 Å². The molecule has 7 heteroatoms. The number of methoxy groups -OCH3 is 1. The Labute approximate surface area is 255 Å². The molecule has 0 unspecified atom stereocenters. The third-order valence-electron chi connectivity index (χ3n) is 8.90. The number of fused-ring (bicyclic) bond motifs is 5. The molecule has 1 aromatic heterocycles. The molecule has 5 aromatic rings. The molecule has 1 spiro atoms. The normalized spacial score (nSPS) is 15.1. The van der Waals surface area contributed by atoms with Crippen molar-refractivity contribution >= 4 is 34.1 Å². The maximum Gasteiger partial charge on any atom is 0.263 e. The van der Waals surface area contributed by atoms with Crippen molar-refractivity contribution in [2.45, 2.75) is 49.1 Å². The van der Waals surface area contributed by atoms with Crippen LogP contribution < -0.4 is 15.6 Å². The highest BCUT2D eigenvalue weighted by Crippen LogP contribution is 2.49. The Balaban J connectivity index is 1.33. The van der Waals surface area contributed by atoms with Crippen molar-refractivity contribution in [3.05, 3.63) is 112 Å². The van der Waals surface area contributed by atoms with Crippen molar-refractivity contribution in [2.24, 2.45) is 0 Å². The van der Waals surface area contributed by atoms with Crippen molar-refractivity contribution in [3.8, 4) is 22.7 Å². The molecule has 1 heterocycles. The van der Waals surface area contributed by atoms with Gasteiger partial charge in [-0.1, -0.05) is 97.8 Å². The average Bonchev–Trinajstić information content (AvgIpc) is 3.04. The molecule has 1 amide bonds. The summed E-state index contributed by atoms with van der Waals surface area (Å²) >= 11 is 1.28. The summed E-state index contributed by atoms with van der Waals surface area (Å²) in [6.45, 7) is 0. The molecule has 43 heavy (non-hydrogen) atoms. The molecule has 1 saturated carbocycles. The van der Waals surface area contributed by atoms with E-state index in [0.717, 1.165) is 65.4 Å². The molecular formula is C36H33N3O3S. The van der Waals surface area contributed by atoms with Crippen molar-refractivity contribution in [1.82, 2.24) is 9.55 Å². The van der Waals surface area contributed by atoms with Crippen LogP contribution in [0.5, 0.6) is 5.75 Å². The SMILES string of the molecule is COc1cccc(-n2c(SCC(=O)Nc3cccc4ccccc34)nc3c(c2=O)C2(CCCCC2)Cc2ccccc2-3)c1. The molecule has 1 fully saturated rings. The van der Waals surface area contributed by atoms with Gasteiger partial charge in [-0.3, -0.25) is 14.2 Å². The van der Waals surface area contributed by atoms with E-state index in [4.69, 9.17) is 9.72 Å². The van der Waals surface area contributed by atoms with Gasteiger partial charge in [0.25, 0.3) is 5.56 Å². The molecule has 0 bridgehead atoms. The monoisotopic (exact) mass is 587 g/mol. The van der Waals surface area contributed by atoms with Crippen molar-refractivity contribution in [1.29, 1.82) is 0 Å². The van der Waals surface area contributed by atoms with Crippen molar-refractivity contribution in [3.63, 3.8) is 0 Å². The minimum Gasteiger partial charge on any atom is -0.497 e. The molecule has 2 aliphatic rings. The Morgan fingerprint density at radius 2 is 1.72 bits per heavy atom. The van der Waals surface area contributed by atoms with E-state index in [1.165, 1.54) is 23.7 Å². The first kappa shape index (κ1) is 27.5.